The third-order valence-electron chi connectivity index (χ3n) is 4.00. The maximum atomic E-state index is 12.3. The number of para-hydroxylation sites is 1. The molecule has 0 radical (unpaired) electrons. The van der Waals surface area contributed by atoms with Crippen molar-refractivity contribution in [2.75, 3.05) is 5.32 Å². The van der Waals surface area contributed by atoms with E-state index in [0.29, 0.717) is 10.9 Å². The van der Waals surface area contributed by atoms with Gasteiger partial charge in [0, 0.05) is 4.88 Å². The average molecular weight is 330 g/mol. The Hall–Kier alpha value is -1.88. The molecule has 1 atom stereocenters. The second kappa shape index (κ2) is 7.59. The van der Waals surface area contributed by atoms with Crippen LogP contribution in [0.2, 0.25) is 0 Å². The highest BCUT2D eigenvalue weighted by Gasteiger charge is 2.19. The number of aryl methyl sites for hydroxylation is 2. The van der Waals surface area contributed by atoms with Gasteiger partial charge < -0.3 is 4.74 Å². The Morgan fingerprint density at radius 3 is 2.70 bits per heavy atom. The fraction of sp³-hybridized carbons (Fsp3) is 0.444. The summed E-state index contributed by atoms with van der Waals surface area (Å²) in [6, 6.07) is 9.39. The lowest BCUT2D eigenvalue weighted by molar-refractivity contribution is -0.122. The molecule has 0 saturated heterocycles. The molecule has 1 unspecified atom stereocenters. The van der Waals surface area contributed by atoms with Gasteiger partial charge in [0.1, 0.15) is 5.75 Å². The molecular weight excluding hydrogens is 308 g/mol. The van der Waals surface area contributed by atoms with E-state index in [1.807, 2.05) is 30.3 Å². The van der Waals surface area contributed by atoms with Gasteiger partial charge >= 0.3 is 0 Å². The Kier molecular flexibility index (Phi) is 5.28. The lowest BCUT2D eigenvalue weighted by atomic mass is 10.0. The average Bonchev–Trinajstić information content (AvgIpc) is 2.89. The number of nitrogens with one attached hydrogen (secondary N) is 1. The number of hydrogen-bond acceptors (Lipinski definition) is 4. The summed E-state index contributed by atoms with van der Waals surface area (Å²) in [5, 5.41) is 3.60. The molecule has 1 aromatic carbocycles. The standard InChI is InChI=1S/C18H22N2O2S/c1-13(22-14-9-5-4-6-10-14)17(21)20-18-19-15-11-7-2-3-8-12-16(15)23-18/h4-6,9-10,13H,2-3,7-8,11-12H2,1H3,(H,19,20,21). The molecule has 1 amide bonds. The van der Waals surface area contributed by atoms with Crippen LogP contribution in [-0.2, 0) is 17.6 Å². The predicted octanol–water partition coefficient (Wildman–Crippen LogP) is 4.21. The van der Waals surface area contributed by atoms with Crippen molar-refractivity contribution < 1.29 is 9.53 Å². The second-order valence-corrected chi connectivity index (χ2v) is 6.95. The van der Waals surface area contributed by atoms with Crippen molar-refractivity contribution in [2.45, 2.75) is 51.6 Å². The van der Waals surface area contributed by atoms with Gasteiger partial charge in [0.25, 0.3) is 5.91 Å². The van der Waals surface area contributed by atoms with Gasteiger partial charge in [-0.25, -0.2) is 4.98 Å². The van der Waals surface area contributed by atoms with E-state index in [-0.39, 0.29) is 5.91 Å². The van der Waals surface area contributed by atoms with Gasteiger partial charge in [-0.15, -0.1) is 11.3 Å². The molecule has 0 saturated carbocycles. The van der Waals surface area contributed by atoms with Crippen LogP contribution in [0.1, 0.15) is 43.2 Å². The zero-order valence-electron chi connectivity index (χ0n) is 13.4. The smallest absolute Gasteiger partial charge is 0.266 e. The lowest BCUT2D eigenvalue weighted by Crippen LogP contribution is -2.30. The highest BCUT2D eigenvalue weighted by atomic mass is 32.1. The molecule has 3 rings (SSSR count). The number of ether oxygens (including phenoxy) is 1. The van der Waals surface area contributed by atoms with Gasteiger partial charge in [-0.05, 0) is 44.7 Å². The van der Waals surface area contributed by atoms with Gasteiger partial charge in [0.05, 0.1) is 5.69 Å². The minimum Gasteiger partial charge on any atom is -0.481 e. The van der Waals surface area contributed by atoms with Gasteiger partial charge in [-0.3, -0.25) is 10.1 Å². The molecule has 2 aromatic rings. The maximum Gasteiger partial charge on any atom is 0.266 e. The number of nitrogens with zero attached hydrogens (tertiary/aromatic N) is 1. The molecule has 0 aliphatic heterocycles. The number of rotatable bonds is 4. The summed E-state index contributed by atoms with van der Waals surface area (Å²) >= 11 is 1.61. The van der Waals surface area contributed by atoms with Crippen LogP contribution < -0.4 is 10.1 Å². The van der Waals surface area contributed by atoms with Crippen molar-refractivity contribution in [3.63, 3.8) is 0 Å². The molecular formula is C18H22N2O2S. The number of hydrogen-bond donors (Lipinski definition) is 1. The maximum absolute atomic E-state index is 12.3. The largest absolute Gasteiger partial charge is 0.481 e. The van der Waals surface area contributed by atoms with Crippen LogP contribution in [0.25, 0.3) is 0 Å². The van der Waals surface area contributed by atoms with Crippen LogP contribution in [0.3, 0.4) is 0 Å². The number of carbonyl (C=O) groups is 1. The Morgan fingerprint density at radius 2 is 1.91 bits per heavy atom. The van der Waals surface area contributed by atoms with E-state index in [4.69, 9.17) is 4.74 Å². The minimum atomic E-state index is -0.552. The summed E-state index contributed by atoms with van der Waals surface area (Å²) in [5.74, 6) is 0.539. The first-order valence-corrected chi connectivity index (χ1v) is 9.05. The first-order valence-electron chi connectivity index (χ1n) is 8.23. The van der Waals surface area contributed by atoms with Crippen molar-refractivity contribution in [1.29, 1.82) is 0 Å². The van der Waals surface area contributed by atoms with Gasteiger partial charge in [-0.1, -0.05) is 31.0 Å². The van der Waals surface area contributed by atoms with Gasteiger partial charge in [0.2, 0.25) is 0 Å². The number of anilines is 1. The lowest BCUT2D eigenvalue weighted by Gasteiger charge is -2.13. The van der Waals surface area contributed by atoms with Crippen molar-refractivity contribution in [2.24, 2.45) is 0 Å². The fourth-order valence-electron chi connectivity index (χ4n) is 2.72. The number of carbonyl (C=O) groups excluding carboxylic acids is 1. The zero-order chi connectivity index (χ0) is 16.1. The number of aromatic nitrogens is 1. The quantitative estimate of drug-likeness (QED) is 0.913. The molecule has 5 heteroatoms. The first-order chi connectivity index (χ1) is 11.2. The van der Waals surface area contributed by atoms with Crippen LogP contribution in [0, 0.1) is 0 Å². The van der Waals surface area contributed by atoms with Crippen LogP contribution in [0.5, 0.6) is 5.75 Å². The van der Waals surface area contributed by atoms with Gasteiger partial charge in [0.15, 0.2) is 11.2 Å². The van der Waals surface area contributed by atoms with E-state index in [2.05, 4.69) is 10.3 Å². The van der Waals surface area contributed by atoms with Crippen LogP contribution in [0.4, 0.5) is 5.13 Å². The van der Waals surface area contributed by atoms with E-state index in [9.17, 15) is 4.79 Å². The number of fused-ring (bicyclic) bond motifs is 1. The zero-order valence-corrected chi connectivity index (χ0v) is 14.2. The Morgan fingerprint density at radius 1 is 1.17 bits per heavy atom. The summed E-state index contributed by atoms with van der Waals surface area (Å²) in [5.41, 5.74) is 1.17. The molecule has 0 spiro atoms. The summed E-state index contributed by atoms with van der Waals surface area (Å²) in [4.78, 5) is 18.2. The third kappa shape index (κ3) is 4.32. The first kappa shape index (κ1) is 16.0. The number of amides is 1. The van der Waals surface area contributed by atoms with Crippen LogP contribution >= 0.6 is 11.3 Å². The summed E-state index contributed by atoms with van der Waals surface area (Å²) in [6.07, 6.45) is 6.54. The molecule has 1 aromatic heterocycles. The van der Waals surface area contributed by atoms with E-state index in [1.165, 1.54) is 36.3 Å². The second-order valence-electron chi connectivity index (χ2n) is 5.87. The topological polar surface area (TPSA) is 51.2 Å². The van der Waals surface area contributed by atoms with Crippen LogP contribution in [-0.4, -0.2) is 17.0 Å². The Labute approximate surface area is 140 Å². The number of benzene rings is 1. The molecule has 4 nitrogen and oxygen atoms in total. The molecule has 1 aliphatic carbocycles. The van der Waals surface area contributed by atoms with E-state index >= 15 is 0 Å². The van der Waals surface area contributed by atoms with Crippen molar-refractivity contribution in [3.8, 4) is 5.75 Å². The molecule has 1 N–H and O–H groups in total. The fourth-order valence-corrected chi connectivity index (χ4v) is 3.78. The molecule has 23 heavy (non-hydrogen) atoms. The van der Waals surface area contributed by atoms with Crippen molar-refractivity contribution >= 4 is 22.4 Å². The molecule has 122 valence electrons. The normalized spacial score (nSPS) is 15.9. The minimum absolute atomic E-state index is 0.157. The summed E-state index contributed by atoms with van der Waals surface area (Å²) in [7, 11) is 0. The van der Waals surface area contributed by atoms with E-state index in [1.54, 1.807) is 18.3 Å². The Bertz CT molecular complexity index is 629. The van der Waals surface area contributed by atoms with Gasteiger partial charge in [-0.2, -0.15) is 0 Å². The molecule has 0 bridgehead atoms. The van der Waals surface area contributed by atoms with Crippen LogP contribution in [0.15, 0.2) is 30.3 Å². The summed E-state index contributed by atoms with van der Waals surface area (Å²) in [6.45, 7) is 1.76. The summed E-state index contributed by atoms with van der Waals surface area (Å²) < 4.78 is 5.66. The SMILES string of the molecule is CC(Oc1ccccc1)C(=O)Nc1nc2c(s1)CCCCCC2. The Balaban J connectivity index is 1.62. The van der Waals surface area contributed by atoms with Crippen molar-refractivity contribution in [1.82, 2.24) is 4.98 Å². The highest BCUT2D eigenvalue weighted by molar-refractivity contribution is 7.15. The monoisotopic (exact) mass is 330 g/mol. The highest BCUT2D eigenvalue weighted by Crippen LogP contribution is 2.28. The third-order valence-corrected chi connectivity index (χ3v) is 5.07. The van der Waals surface area contributed by atoms with E-state index < -0.39 is 6.10 Å². The number of thiazole rings is 1. The van der Waals surface area contributed by atoms with Crippen molar-refractivity contribution in [3.05, 3.63) is 40.9 Å². The molecule has 1 heterocycles. The molecule has 0 fully saturated rings. The predicted molar refractivity (Wildman–Crippen MR) is 93.2 cm³/mol. The van der Waals surface area contributed by atoms with E-state index in [0.717, 1.165) is 12.8 Å². The molecule has 1 aliphatic rings.